The molecule has 2 N–H and O–H groups in total. The van der Waals surface area contributed by atoms with Gasteiger partial charge in [-0.1, -0.05) is 0 Å². The van der Waals surface area contributed by atoms with Gasteiger partial charge in [-0.3, -0.25) is 0 Å². The Kier molecular flexibility index (Phi) is 3.29. The van der Waals surface area contributed by atoms with Crippen molar-refractivity contribution in [2.75, 3.05) is 12.0 Å². The molecular formula is C14H19N3O2. The maximum absolute atomic E-state index is 5.97. The van der Waals surface area contributed by atoms with E-state index in [4.69, 9.17) is 15.2 Å². The second-order valence-electron chi connectivity index (χ2n) is 5.08. The number of methoxy groups -OCH3 is 1. The molecule has 1 fully saturated rings. The molecule has 1 aromatic heterocycles. The van der Waals surface area contributed by atoms with Gasteiger partial charge in [-0.25, -0.2) is 4.98 Å². The second kappa shape index (κ2) is 5.09. The van der Waals surface area contributed by atoms with Crippen LogP contribution in [0.2, 0.25) is 0 Å². The first-order chi connectivity index (χ1) is 9.28. The molecule has 1 saturated carbocycles. The molecule has 0 atom stereocenters. The van der Waals surface area contributed by atoms with Crippen LogP contribution in [0.1, 0.15) is 25.7 Å². The molecule has 1 aliphatic carbocycles. The lowest BCUT2D eigenvalue weighted by Crippen LogP contribution is -2.39. The van der Waals surface area contributed by atoms with Crippen LogP contribution in [-0.2, 0) is 0 Å². The number of hydrogen-bond acceptors (Lipinski definition) is 5. The number of pyridine rings is 1. The fourth-order valence-electron chi connectivity index (χ4n) is 2.75. The van der Waals surface area contributed by atoms with Crippen LogP contribution in [0.5, 0.6) is 11.6 Å². The molecule has 1 aliphatic heterocycles. The largest absolute Gasteiger partial charge is 0.495 e. The minimum atomic E-state index is 0.351. The number of fused-ring (bicyclic) bond motifs is 1. The van der Waals surface area contributed by atoms with E-state index >= 15 is 0 Å². The summed E-state index contributed by atoms with van der Waals surface area (Å²) < 4.78 is 10.7. The predicted molar refractivity (Wildman–Crippen MR) is 73.3 cm³/mol. The molecule has 2 aliphatic rings. The lowest BCUT2D eigenvalue weighted by molar-refractivity contribution is 0.373. The first-order valence-electron chi connectivity index (χ1n) is 6.69. The number of nitrogens with zero attached hydrogens (tertiary/aromatic N) is 2. The zero-order valence-electron chi connectivity index (χ0n) is 11.1. The normalized spacial score (nSPS) is 25.7. The third-order valence-electron chi connectivity index (χ3n) is 3.86. The Labute approximate surface area is 113 Å². The number of aromatic nitrogens is 1. The first kappa shape index (κ1) is 12.3. The highest BCUT2D eigenvalue weighted by Gasteiger charge is 2.27. The Balaban J connectivity index is 1.87. The minimum Gasteiger partial charge on any atom is -0.495 e. The van der Waals surface area contributed by atoms with Gasteiger partial charge >= 0.3 is 0 Å². The van der Waals surface area contributed by atoms with Gasteiger partial charge in [0.15, 0.2) is 0 Å². The Bertz CT molecular complexity index is 482. The van der Waals surface area contributed by atoms with Gasteiger partial charge in [0.05, 0.1) is 13.3 Å². The molecule has 0 unspecified atom stereocenters. The fourth-order valence-corrected chi connectivity index (χ4v) is 2.75. The summed E-state index contributed by atoms with van der Waals surface area (Å²) in [4.78, 5) is 6.52. The van der Waals surface area contributed by atoms with E-state index in [9.17, 15) is 0 Å². The quantitative estimate of drug-likeness (QED) is 0.882. The van der Waals surface area contributed by atoms with Gasteiger partial charge in [0.1, 0.15) is 17.7 Å². The van der Waals surface area contributed by atoms with Crippen molar-refractivity contribution in [1.29, 1.82) is 0 Å². The van der Waals surface area contributed by atoms with Gasteiger partial charge in [-0.15, -0.1) is 0 Å². The Hall–Kier alpha value is -1.75. The van der Waals surface area contributed by atoms with Crippen LogP contribution >= 0.6 is 0 Å². The first-order valence-corrected chi connectivity index (χ1v) is 6.69. The average molecular weight is 261 g/mol. The van der Waals surface area contributed by atoms with Gasteiger partial charge in [0, 0.05) is 24.4 Å². The molecule has 102 valence electrons. The van der Waals surface area contributed by atoms with Gasteiger partial charge < -0.3 is 20.1 Å². The Morgan fingerprint density at radius 2 is 2.16 bits per heavy atom. The maximum Gasteiger partial charge on any atom is 0.243 e. The highest BCUT2D eigenvalue weighted by molar-refractivity contribution is 5.62. The SMILES string of the molecule is COc1cnc2c(c1)N(C1CCC(N)CC1)C=CO2. The molecule has 5 nitrogen and oxygen atoms in total. The van der Waals surface area contributed by atoms with Gasteiger partial charge in [0.25, 0.3) is 0 Å². The number of anilines is 1. The Morgan fingerprint density at radius 1 is 1.37 bits per heavy atom. The van der Waals surface area contributed by atoms with E-state index in [0.29, 0.717) is 18.0 Å². The van der Waals surface area contributed by atoms with E-state index in [1.165, 1.54) is 0 Å². The van der Waals surface area contributed by atoms with Crippen LogP contribution in [0, 0.1) is 0 Å². The van der Waals surface area contributed by atoms with Crippen molar-refractivity contribution in [3.05, 3.63) is 24.7 Å². The molecule has 0 spiro atoms. The number of nitrogens with two attached hydrogens (primary N) is 1. The molecule has 0 bridgehead atoms. The number of rotatable bonds is 2. The van der Waals surface area contributed by atoms with Crippen molar-refractivity contribution in [3.63, 3.8) is 0 Å². The summed E-state index contributed by atoms with van der Waals surface area (Å²) in [6.07, 6.45) is 9.68. The second-order valence-corrected chi connectivity index (χ2v) is 5.08. The van der Waals surface area contributed by atoms with Crippen LogP contribution < -0.4 is 20.1 Å². The summed E-state index contributed by atoms with van der Waals surface area (Å²) in [6, 6.07) is 2.79. The molecule has 1 aromatic rings. The third kappa shape index (κ3) is 2.38. The van der Waals surface area contributed by atoms with Crippen molar-refractivity contribution in [1.82, 2.24) is 4.98 Å². The van der Waals surface area contributed by atoms with E-state index in [-0.39, 0.29) is 0 Å². The monoisotopic (exact) mass is 261 g/mol. The molecule has 3 rings (SSSR count). The van der Waals surface area contributed by atoms with Crippen molar-refractivity contribution < 1.29 is 9.47 Å². The van der Waals surface area contributed by atoms with E-state index in [1.54, 1.807) is 19.6 Å². The van der Waals surface area contributed by atoms with Crippen LogP contribution in [0.4, 0.5) is 5.69 Å². The maximum atomic E-state index is 5.97. The highest BCUT2D eigenvalue weighted by atomic mass is 16.5. The van der Waals surface area contributed by atoms with E-state index in [2.05, 4.69) is 9.88 Å². The fraction of sp³-hybridized carbons (Fsp3) is 0.500. The zero-order valence-corrected chi connectivity index (χ0v) is 11.1. The van der Waals surface area contributed by atoms with Crippen LogP contribution in [-0.4, -0.2) is 24.2 Å². The van der Waals surface area contributed by atoms with Gasteiger partial charge in [0.2, 0.25) is 5.88 Å². The molecule has 5 heteroatoms. The van der Waals surface area contributed by atoms with Crippen molar-refractivity contribution in [3.8, 4) is 11.6 Å². The third-order valence-corrected chi connectivity index (χ3v) is 3.86. The molecule has 0 radical (unpaired) electrons. The number of ether oxygens (including phenoxy) is 2. The standard InChI is InChI=1S/C14H19N3O2/c1-18-12-8-13-14(16-9-12)19-7-6-17(13)11-4-2-10(15)3-5-11/h6-11H,2-5,15H2,1H3. The van der Waals surface area contributed by atoms with Crippen LogP contribution in [0.25, 0.3) is 0 Å². The summed E-state index contributed by atoms with van der Waals surface area (Å²) in [6.45, 7) is 0. The van der Waals surface area contributed by atoms with Crippen molar-refractivity contribution >= 4 is 5.69 Å². The lowest BCUT2D eigenvalue weighted by Gasteiger charge is -2.36. The average Bonchev–Trinajstić information content (AvgIpc) is 2.47. The Morgan fingerprint density at radius 3 is 2.89 bits per heavy atom. The summed E-state index contributed by atoms with van der Waals surface area (Å²) in [5.74, 6) is 1.38. The smallest absolute Gasteiger partial charge is 0.243 e. The zero-order chi connectivity index (χ0) is 13.2. The highest BCUT2D eigenvalue weighted by Crippen LogP contribution is 2.37. The van der Waals surface area contributed by atoms with E-state index in [1.807, 2.05) is 12.3 Å². The van der Waals surface area contributed by atoms with Crippen LogP contribution in [0.15, 0.2) is 24.7 Å². The molecule has 0 amide bonds. The van der Waals surface area contributed by atoms with Crippen molar-refractivity contribution in [2.24, 2.45) is 5.73 Å². The molecular weight excluding hydrogens is 242 g/mol. The molecule has 0 aromatic carbocycles. The van der Waals surface area contributed by atoms with E-state index in [0.717, 1.165) is 37.1 Å². The molecule has 0 saturated heterocycles. The predicted octanol–water partition coefficient (Wildman–Crippen LogP) is 2.03. The number of hydrogen-bond donors (Lipinski definition) is 1. The van der Waals surface area contributed by atoms with Gasteiger partial charge in [-0.2, -0.15) is 0 Å². The molecule has 2 heterocycles. The van der Waals surface area contributed by atoms with Crippen molar-refractivity contribution in [2.45, 2.75) is 37.8 Å². The minimum absolute atomic E-state index is 0.351. The summed E-state index contributed by atoms with van der Waals surface area (Å²) in [7, 11) is 1.65. The summed E-state index contributed by atoms with van der Waals surface area (Å²) >= 11 is 0. The topological polar surface area (TPSA) is 60.6 Å². The van der Waals surface area contributed by atoms with Gasteiger partial charge in [-0.05, 0) is 25.7 Å². The summed E-state index contributed by atoms with van der Waals surface area (Å²) in [5, 5.41) is 0. The lowest BCUT2D eigenvalue weighted by atomic mass is 9.90. The summed E-state index contributed by atoms with van der Waals surface area (Å²) in [5.41, 5.74) is 6.95. The van der Waals surface area contributed by atoms with E-state index < -0.39 is 0 Å². The van der Waals surface area contributed by atoms with Crippen LogP contribution in [0.3, 0.4) is 0 Å². The molecule has 19 heavy (non-hydrogen) atoms.